The van der Waals surface area contributed by atoms with E-state index in [1.165, 1.54) is 12.1 Å². The Morgan fingerprint density at radius 3 is 2.12 bits per heavy atom. The van der Waals surface area contributed by atoms with Crippen LogP contribution in [0.1, 0.15) is 12.0 Å². The number of aliphatic carboxylic acids is 2. The molecule has 1 aromatic rings. The lowest BCUT2D eigenvalue weighted by Crippen LogP contribution is -2.53. The number of hydrogen-bond donors (Lipinski definition) is 6. The largest absolute Gasteiger partial charge is 0.508 e. The van der Waals surface area contributed by atoms with Crippen molar-refractivity contribution in [2.45, 2.75) is 24.9 Å². The Bertz CT molecular complexity index is 645. The van der Waals surface area contributed by atoms with Gasteiger partial charge >= 0.3 is 11.9 Å². The summed E-state index contributed by atoms with van der Waals surface area (Å²) in [6, 6.07) is 3.47. The van der Waals surface area contributed by atoms with Crippen LogP contribution in [0.25, 0.3) is 0 Å². The highest BCUT2D eigenvalue weighted by Crippen LogP contribution is 2.11. The van der Waals surface area contributed by atoms with Crippen molar-refractivity contribution in [2.24, 2.45) is 5.73 Å². The van der Waals surface area contributed by atoms with E-state index in [9.17, 15) is 24.3 Å². The van der Waals surface area contributed by atoms with Crippen molar-refractivity contribution in [3.05, 3.63) is 29.8 Å². The molecule has 0 aliphatic rings. The average molecular weight is 353 g/mol. The fourth-order valence-electron chi connectivity index (χ4n) is 1.93. The number of carboxylic acids is 2. The Morgan fingerprint density at radius 1 is 1.00 bits per heavy atom. The highest BCUT2D eigenvalue weighted by atomic mass is 16.4. The number of rotatable bonds is 9. The van der Waals surface area contributed by atoms with Crippen LogP contribution in [0.5, 0.6) is 5.75 Å². The number of nitrogens with one attached hydrogen (secondary N) is 2. The summed E-state index contributed by atoms with van der Waals surface area (Å²) in [6.45, 7) is -0.704. The number of amides is 2. The number of hydrogen-bond acceptors (Lipinski definition) is 6. The van der Waals surface area contributed by atoms with Crippen LogP contribution in [-0.4, -0.2) is 57.7 Å². The van der Waals surface area contributed by atoms with Crippen molar-refractivity contribution < 1.29 is 34.5 Å². The minimum atomic E-state index is -1.45. The smallest absolute Gasteiger partial charge is 0.322 e. The molecule has 10 heteroatoms. The normalized spacial score (nSPS) is 12.7. The fourth-order valence-corrected chi connectivity index (χ4v) is 1.93. The molecule has 0 spiro atoms. The molecule has 2 amide bonds. The van der Waals surface area contributed by atoms with Gasteiger partial charge in [0.05, 0.1) is 12.5 Å². The van der Waals surface area contributed by atoms with Gasteiger partial charge in [-0.05, 0) is 24.1 Å². The zero-order chi connectivity index (χ0) is 19.0. The number of aromatic hydroxyl groups is 1. The van der Waals surface area contributed by atoms with E-state index in [0.29, 0.717) is 5.56 Å². The van der Waals surface area contributed by atoms with Crippen molar-refractivity contribution in [2.75, 3.05) is 6.54 Å². The predicted molar refractivity (Wildman–Crippen MR) is 84.6 cm³/mol. The third-order valence-electron chi connectivity index (χ3n) is 3.15. The summed E-state index contributed by atoms with van der Waals surface area (Å²) in [4.78, 5) is 45.2. The minimum absolute atomic E-state index is 0.0541. The molecule has 0 aliphatic heterocycles. The lowest BCUT2D eigenvalue weighted by atomic mass is 10.0. The highest BCUT2D eigenvalue weighted by molar-refractivity contribution is 5.93. The number of carbonyl (C=O) groups is 4. The van der Waals surface area contributed by atoms with Gasteiger partial charge in [-0.2, -0.15) is 0 Å². The Labute approximate surface area is 142 Å². The Balaban J connectivity index is 2.68. The third kappa shape index (κ3) is 7.31. The van der Waals surface area contributed by atoms with Crippen LogP contribution >= 0.6 is 0 Å². The van der Waals surface area contributed by atoms with Crippen LogP contribution in [0.3, 0.4) is 0 Å². The molecule has 2 unspecified atom stereocenters. The maximum absolute atomic E-state index is 12.1. The maximum Gasteiger partial charge on any atom is 0.322 e. The molecule has 0 aliphatic carbocycles. The first-order valence-electron chi connectivity index (χ1n) is 7.24. The van der Waals surface area contributed by atoms with Crippen LogP contribution in [0.2, 0.25) is 0 Å². The van der Waals surface area contributed by atoms with E-state index >= 15 is 0 Å². The number of carboxylic acid groups (broad SMARTS) is 2. The van der Waals surface area contributed by atoms with Crippen molar-refractivity contribution in [1.29, 1.82) is 0 Å². The standard InChI is InChI=1S/C15H19N3O7/c16-10(5-8-1-3-9(19)4-2-8)14(24)18-11(6-12(20)21)15(25)17-7-13(22)23/h1-4,10-11,19H,5-7,16H2,(H,17,25)(H,18,24)(H,20,21)(H,22,23). The SMILES string of the molecule is NC(Cc1ccc(O)cc1)C(=O)NC(CC(=O)O)C(=O)NCC(=O)O. The van der Waals surface area contributed by atoms with Crippen LogP contribution in [0.4, 0.5) is 0 Å². The molecule has 1 rings (SSSR count). The fraction of sp³-hybridized carbons (Fsp3) is 0.333. The summed E-state index contributed by atoms with van der Waals surface area (Å²) in [7, 11) is 0. The number of phenols is 1. The molecule has 7 N–H and O–H groups in total. The van der Waals surface area contributed by atoms with Crippen LogP contribution in [0, 0.1) is 0 Å². The highest BCUT2D eigenvalue weighted by Gasteiger charge is 2.26. The van der Waals surface area contributed by atoms with E-state index in [1.54, 1.807) is 12.1 Å². The lowest BCUT2D eigenvalue weighted by molar-refractivity contribution is -0.141. The number of phenolic OH excluding ortho intramolecular Hbond substituents is 1. The van der Waals surface area contributed by atoms with E-state index in [2.05, 4.69) is 5.32 Å². The van der Waals surface area contributed by atoms with E-state index in [4.69, 9.17) is 15.9 Å². The van der Waals surface area contributed by atoms with Gasteiger partial charge in [-0.1, -0.05) is 12.1 Å². The molecule has 136 valence electrons. The first-order valence-corrected chi connectivity index (χ1v) is 7.24. The third-order valence-corrected chi connectivity index (χ3v) is 3.15. The molecule has 1 aromatic carbocycles. The van der Waals surface area contributed by atoms with Crippen LogP contribution in [-0.2, 0) is 25.6 Å². The van der Waals surface area contributed by atoms with Crippen molar-refractivity contribution >= 4 is 23.8 Å². The van der Waals surface area contributed by atoms with Crippen LogP contribution < -0.4 is 16.4 Å². The molecule has 0 bridgehead atoms. The summed E-state index contributed by atoms with van der Waals surface area (Å²) >= 11 is 0. The van der Waals surface area contributed by atoms with Gasteiger partial charge in [0.15, 0.2) is 0 Å². The van der Waals surface area contributed by atoms with Crippen molar-refractivity contribution in [1.82, 2.24) is 10.6 Å². The zero-order valence-corrected chi connectivity index (χ0v) is 13.1. The first kappa shape index (κ1) is 19.9. The summed E-state index contributed by atoms with van der Waals surface area (Å²) in [5, 5.41) is 30.8. The van der Waals surface area contributed by atoms with E-state index < -0.39 is 48.8 Å². The van der Waals surface area contributed by atoms with Crippen molar-refractivity contribution in [3.63, 3.8) is 0 Å². The number of carbonyl (C=O) groups excluding carboxylic acids is 2. The molecular weight excluding hydrogens is 334 g/mol. The molecule has 25 heavy (non-hydrogen) atoms. The molecular formula is C15H19N3O7. The van der Waals surface area contributed by atoms with Gasteiger partial charge in [-0.25, -0.2) is 0 Å². The quantitative estimate of drug-likeness (QED) is 0.308. The van der Waals surface area contributed by atoms with E-state index in [0.717, 1.165) is 0 Å². The van der Waals surface area contributed by atoms with Gasteiger partial charge in [-0.15, -0.1) is 0 Å². The average Bonchev–Trinajstić information content (AvgIpc) is 2.53. The van der Waals surface area contributed by atoms with Gasteiger partial charge in [-0.3, -0.25) is 19.2 Å². The zero-order valence-electron chi connectivity index (χ0n) is 13.1. The summed E-state index contributed by atoms with van der Waals surface area (Å²) < 4.78 is 0. The van der Waals surface area contributed by atoms with Gasteiger partial charge in [0.25, 0.3) is 0 Å². The molecule has 0 saturated carbocycles. The minimum Gasteiger partial charge on any atom is -0.508 e. The summed E-state index contributed by atoms with van der Waals surface area (Å²) in [6.07, 6.45) is -0.619. The van der Waals surface area contributed by atoms with Crippen molar-refractivity contribution in [3.8, 4) is 5.75 Å². The number of benzene rings is 1. The second kappa shape index (κ2) is 9.23. The molecule has 0 saturated heterocycles. The monoisotopic (exact) mass is 353 g/mol. The van der Waals surface area contributed by atoms with Crippen LogP contribution in [0.15, 0.2) is 24.3 Å². The summed E-state index contributed by atoms with van der Waals surface area (Å²) in [5.74, 6) is -4.29. The Morgan fingerprint density at radius 2 is 1.60 bits per heavy atom. The van der Waals surface area contributed by atoms with E-state index in [-0.39, 0.29) is 12.2 Å². The second-order valence-electron chi connectivity index (χ2n) is 5.25. The second-order valence-corrected chi connectivity index (χ2v) is 5.25. The Kier molecular flexibility index (Phi) is 7.35. The molecule has 0 radical (unpaired) electrons. The number of nitrogens with two attached hydrogens (primary N) is 1. The topological polar surface area (TPSA) is 179 Å². The Hall–Kier alpha value is -3.14. The van der Waals surface area contributed by atoms with E-state index in [1.807, 2.05) is 5.32 Å². The van der Waals surface area contributed by atoms with Gasteiger partial charge < -0.3 is 31.7 Å². The first-order chi connectivity index (χ1) is 11.7. The van der Waals surface area contributed by atoms with Gasteiger partial charge in [0, 0.05) is 0 Å². The molecule has 0 aromatic heterocycles. The van der Waals surface area contributed by atoms with Gasteiger partial charge in [0.2, 0.25) is 11.8 Å². The molecule has 0 heterocycles. The van der Waals surface area contributed by atoms with Gasteiger partial charge in [0.1, 0.15) is 18.3 Å². The summed E-state index contributed by atoms with van der Waals surface area (Å²) in [5.41, 5.74) is 6.40. The molecule has 10 nitrogen and oxygen atoms in total. The lowest BCUT2D eigenvalue weighted by Gasteiger charge is -2.19. The molecule has 0 fully saturated rings. The predicted octanol–water partition coefficient (Wildman–Crippen LogP) is -1.58. The molecule has 2 atom stereocenters. The maximum atomic E-state index is 12.1.